The molecule has 186 valence electrons. The molecule has 0 saturated carbocycles. The fraction of sp³-hybridized carbons (Fsp3) is 0.423. The lowest BCUT2D eigenvalue weighted by Crippen LogP contribution is -2.41. The highest BCUT2D eigenvalue weighted by atomic mass is 16.5. The summed E-state index contributed by atoms with van der Waals surface area (Å²) in [6, 6.07) is 16.0. The van der Waals surface area contributed by atoms with E-state index in [1.807, 2.05) is 36.4 Å². The zero-order valence-electron chi connectivity index (χ0n) is 19.6. The predicted octanol–water partition coefficient (Wildman–Crippen LogP) is 2.23. The summed E-state index contributed by atoms with van der Waals surface area (Å²) in [6.07, 6.45) is -1.74. The fourth-order valence-electron chi connectivity index (χ4n) is 4.97. The molecule has 35 heavy (non-hydrogen) atoms. The number of aliphatic hydroxyl groups excluding tert-OH is 1. The monoisotopic (exact) mass is 482 g/mol. The summed E-state index contributed by atoms with van der Waals surface area (Å²) in [7, 11) is 1.42. The van der Waals surface area contributed by atoms with E-state index in [0.29, 0.717) is 0 Å². The number of rotatable bonds is 9. The second-order valence-electron chi connectivity index (χ2n) is 9.15. The molecule has 0 aromatic heterocycles. The molecule has 1 aliphatic heterocycles. The second-order valence-corrected chi connectivity index (χ2v) is 9.15. The summed E-state index contributed by atoms with van der Waals surface area (Å²) in [5.74, 6) is -1.45. The molecular weight excluding hydrogens is 452 g/mol. The third-order valence-corrected chi connectivity index (χ3v) is 6.82. The molecule has 0 radical (unpaired) electrons. The first kappa shape index (κ1) is 24.7. The SMILES string of the molecule is COCC1(C(=O)O)CCN(C(=O)CC(O)CNC(=O)OCC2c3ccccc3-c3ccccc32)C1. The molecule has 9 heteroatoms. The largest absolute Gasteiger partial charge is 0.481 e. The molecule has 2 aliphatic rings. The standard InChI is InChI=1S/C26H30N2O7/c1-34-16-26(24(31)32)10-11-28(15-26)23(30)12-17(29)13-27-25(33)35-14-22-20-8-4-2-6-18(20)19-7-3-5-9-21(19)22/h2-9,17,22,29H,10-16H2,1H3,(H,27,33)(H,31,32). The van der Waals surface area contributed by atoms with Crippen molar-refractivity contribution in [1.29, 1.82) is 0 Å². The molecule has 2 amide bonds. The Bertz CT molecular complexity index is 1060. The minimum absolute atomic E-state index is 0.0119. The van der Waals surface area contributed by atoms with E-state index >= 15 is 0 Å². The highest BCUT2D eigenvalue weighted by Crippen LogP contribution is 2.44. The van der Waals surface area contributed by atoms with E-state index in [2.05, 4.69) is 17.4 Å². The minimum atomic E-state index is -1.13. The first-order chi connectivity index (χ1) is 16.8. The first-order valence-corrected chi connectivity index (χ1v) is 11.6. The van der Waals surface area contributed by atoms with Crippen molar-refractivity contribution in [3.05, 3.63) is 59.7 Å². The summed E-state index contributed by atoms with van der Waals surface area (Å²) in [4.78, 5) is 37.9. The van der Waals surface area contributed by atoms with Crippen LogP contribution in [0.2, 0.25) is 0 Å². The smallest absolute Gasteiger partial charge is 0.407 e. The summed E-state index contributed by atoms with van der Waals surface area (Å²) < 4.78 is 10.5. The molecule has 2 aromatic carbocycles. The van der Waals surface area contributed by atoms with Gasteiger partial charge in [-0.15, -0.1) is 0 Å². The maximum atomic E-state index is 12.5. The first-order valence-electron chi connectivity index (χ1n) is 11.6. The number of aliphatic carboxylic acids is 1. The number of likely N-dealkylation sites (tertiary alicyclic amines) is 1. The normalized spacial score (nSPS) is 19.7. The van der Waals surface area contributed by atoms with E-state index < -0.39 is 23.6 Å². The van der Waals surface area contributed by atoms with Gasteiger partial charge in [-0.05, 0) is 28.7 Å². The number of methoxy groups -OCH3 is 1. The van der Waals surface area contributed by atoms with E-state index in [9.17, 15) is 24.6 Å². The lowest BCUT2D eigenvalue weighted by molar-refractivity contribution is -0.151. The van der Waals surface area contributed by atoms with E-state index in [4.69, 9.17) is 9.47 Å². The number of carbonyl (C=O) groups is 3. The van der Waals surface area contributed by atoms with E-state index in [1.54, 1.807) is 0 Å². The number of aliphatic hydroxyl groups is 1. The van der Waals surface area contributed by atoms with Gasteiger partial charge in [-0.25, -0.2) is 4.79 Å². The number of hydrogen-bond donors (Lipinski definition) is 3. The maximum Gasteiger partial charge on any atom is 0.407 e. The van der Waals surface area contributed by atoms with Crippen molar-refractivity contribution < 1.29 is 34.1 Å². The van der Waals surface area contributed by atoms with Gasteiger partial charge in [-0.1, -0.05) is 48.5 Å². The van der Waals surface area contributed by atoms with E-state index in [-0.39, 0.29) is 57.5 Å². The van der Waals surface area contributed by atoms with Crippen LogP contribution in [0.4, 0.5) is 4.79 Å². The number of ether oxygens (including phenoxy) is 2. The van der Waals surface area contributed by atoms with Crippen molar-refractivity contribution in [2.24, 2.45) is 5.41 Å². The molecule has 0 bridgehead atoms. The zero-order chi connectivity index (χ0) is 25.0. The number of hydrogen-bond acceptors (Lipinski definition) is 6. The van der Waals surface area contributed by atoms with Crippen molar-refractivity contribution >= 4 is 18.0 Å². The molecule has 1 fully saturated rings. The van der Waals surface area contributed by atoms with Crippen molar-refractivity contribution in [2.75, 3.05) is 40.0 Å². The van der Waals surface area contributed by atoms with Gasteiger partial charge in [-0.3, -0.25) is 9.59 Å². The molecule has 0 spiro atoms. The van der Waals surface area contributed by atoms with Crippen LogP contribution < -0.4 is 5.32 Å². The van der Waals surface area contributed by atoms with Gasteiger partial charge in [-0.2, -0.15) is 0 Å². The topological polar surface area (TPSA) is 125 Å². The lowest BCUT2D eigenvalue weighted by atomic mass is 9.88. The average molecular weight is 483 g/mol. The maximum absolute atomic E-state index is 12.5. The van der Waals surface area contributed by atoms with Gasteiger partial charge in [0, 0.05) is 32.7 Å². The van der Waals surface area contributed by atoms with Crippen LogP contribution in [0.1, 0.15) is 29.9 Å². The van der Waals surface area contributed by atoms with Gasteiger partial charge < -0.3 is 29.9 Å². The number of benzene rings is 2. The Morgan fingerprint density at radius 1 is 1.11 bits per heavy atom. The minimum Gasteiger partial charge on any atom is -0.481 e. The Balaban J connectivity index is 1.25. The Morgan fingerprint density at radius 3 is 2.34 bits per heavy atom. The molecule has 9 nitrogen and oxygen atoms in total. The fourth-order valence-corrected chi connectivity index (χ4v) is 4.97. The lowest BCUT2D eigenvalue weighted by Gasteiger charge is -2.24. The molecule has 1 heterocycles. The zero-order valence-corrected chi connectivity index (χ0v) is 19.6. The average Bonchev–Trinajstić information content (AvgIpc) is 3.42. The van der Waals surface area contributed by atoms with Crippen LogP contribution in [0.15, 0.2) is 48.5 Å². The number of amides is 2. The number of carboxylic acids is 1. The molecule has 2 atom stereocenters. The van der Waals surface area contributed by atoms with Crippen LogP contribution in [0.25, 0.3) is 11.1 Å². The summed E-state index contributed by atoms with van der Waals surface area (Å²) in [5.41, 5.74) is 3.33. The summed E-state index contributed by atoms with van der Waals surface area (Å²) >= 11 is 0. The molecule has 2 aromatic rings. The number of fused-ring (bicyclic) bond motifs is 3. The highest BCUT2D eigenvalue weighted by Gasteiger charge is 2.46. The third-order valence-electron chi connectivity index (χ3n) is 6.82. The summed E-state index contributed by atoms with van der Waals surface area (Å²) in [5, 5.41) is 22.3. The predicted molar refractivity (Wildman–Crippen MR) is 127 cm³/mol. The van der Waals surface area contributed by atoms with Crippen LogP contribution >= 0.6 is 0 Å². The van der Waals surface area contributed by atoms with Gasteiger partial charge in [0.2, 0.25) is 5.91 Å². The number of alkyl carbamates (subject to hydrolysis) is 1. The summed E-state index contributed by atoms with van der Waals surface area (Å²) in [6.45, 7) is 0.318. The van der Waals surface area contributed by atoms with E-state index in [1.165, 1.54) is 12.0 Å². The van der Waals surface area contributed by atoms with Crippen molar-refractivity contribution in [2.45, 2.75) is 24.9 Å². The molecule has 4 rings (SSSR count). The van der Waals surface area contributed by atoms with Crippen LogP contribution in [-0.2, 0) is 19.1 Å². The Morgan fingerprint density at radius 2 is 1.74 bits per heavy atom. The van der Waals surface area contributed by atoms with Crippen LogP contribution in [0, 0.1) is 5.41 Å². The highest BCUT2D eigenvalue weighted by molar-refractivity contribution is 5.81. The Kier molecular flexibility index (Phi) is 7.37. The van der Waals surface area contributed by atoms with Gasteiger partial charge >= 0.3 is 12.1 Å². The third kappa shape index (κ3) is 5.16. The van der Waals surface area contributed by atoms with Crippen molar-refractivity contribution in [3.8, 4) is 11.1 Å². The van der Waals surface area contributed by atoms with Crippen molar-refractivity contribution in [3.63, 3.8) is 0 Å². The number of nitrogens with zero attached hydrogens (tertiary/aromatic N) is 1. The van der Waals surface area contributed by atoms with Gasteiger partial charge in [0.15, 0.2) is 0 Å². The quantitative estimate of drug-likeness (QED) is 0.500. The Labute approximate surface area is 203 Å². The molecule has 2 unspecified atom stereocenters. The second kappa shape index (κ2) is 10.5. The number of carbonyl (C=O) groups excluding carboxylic acids is 2. The molecular formula is C26H30N2O7. The molecule has 3 N–H and O–H groups in total. The van der Waals surface area contributed by atoms with Gasteiger partial charge in [0.1, 0.15) is 12.0 Å². The molecule has 1 aliphatic carbocycles. The van der Waals surface area contributed by atoms with Crippen molar-refractivity contribution in [1.82, 2.24) is 10.2 Å². The van der Waals surface area contributed by atoms with Gasteiger partial charge in [0.05, 0.1) is 19.1 Å². The van der Waals surface area contributed by atoms with E-state index in [0.717, 1.165) is 22.3 Å². The molecule has 1 saturated heterocycles. The van der Waals surface area contributed by atoms with Gasteiger partial charge in [0.25, 0.3) is 0 Å². The van der Waals surface area contributed by atoms with Crippen LogP contribution in [0.5, 0.6) is 0 Å². The number of carboxylic acid groups (broad SMARTS) is 1. The van der Waals surface area contributed by atoms with Crippen LogP contribution in [-0.4, -0.2) is 79.1 Å². The number of nitrogens with one attached hydrogen (secondary N) is 1. The Hall–Kier alpha value is -3.43. The van der Waals surface area contributed by atoms with Crippen LogP contribution in [0.3, 0.4) is 0 Å².